The van der Waals surface area contributed by atoms with Gasteiger partial charge < -0.3 is 15.2 Å². The first-order valence-electron chi connectivity index (χ1n) is 6.74. The molecule has 0 amide bonds. The second-order valence-electron chi connectivity index (χ2n) is 5.02. The van der Waals surface area contributed by atoms with Crippen molar-refractivity contribution in [2.45, 2.75) is 37.9 Å². The van der Waals surface area contributed by atoms with E-state index in [1.165, 1.54) is 12.8 Å². The number of hydrogen-bond donors (Lipinski definition) is 2. The number of ether oxygens (including phenoxy) is 1. The molecule has 112 valence electrons. The first-order chi connectivity index (χ1) is 9.56. The summed E-state index contributed by atoms with van der Waals surface area (Å²) in [6.45, 7) is 0.856. The van der Waals surface area contributed by atoms with Gasteiger partial charge in [0, 0.05) is 20.0 Å². The minimum atomic E-state index is -0.502. The molecule has 1 unspecified atom stereocenters. The predicted octanol–water partition coefficient (Wildman–Crippen LogP) is 4.71. The summed E-state index contributed by atoms with van der Waals surface area (Å²) in [5.41, 5.74) is 0.938. The lowest BCUT2D eigenvalue weighted by Gasteiger charge is -2.18. The molecule has 1 aliphatic rings. The van der Waals surface area contributed by atoms with Crippen LogP contribution in [0.15, 0.2) is 25.6 Å². The summed E-state index contributed by atoms with van der Waals surface area (Å²) < 4.78 is 8.60. The Labute approximate surface area is 144 Å². The summed E-state index contributed by atoms with van der Waals surface area (Å²) in [4.78, 5) is 0. The minimum Gasteiger partial charge on any atom is -0.389 e. The smallest absolute Gasteiger partial charge is 0.0945 e. The monoisotopic (exact) mass is 469 g/mol. The summed E-state index contributed by atoms with van der Waals surface area (Å²) in [5, 5.41) is 13.2. The lowest BCUT2D eigenvalue weighted by atomic mass is 10.3. The topological polar surface area (TPSA) is 41.5 Å². The molecule has 2 rings (SSSR count). The molecule has 1 aliphatic carbocycles. The molecule has 1 atom stereocenters. The van der Waals surface area contributed by atoms with Crippen LogP contribution in [0.1, 0.15) is 25.7 Å². The third kappa shape index (κ3) is 4.98. The zero-order chi connectivity index (χ0) is 14.5. The van der Waals surface area contributed by atoms with Gasteiger partial charge in [-0.1, -0.05) is 28.8 Å². The maximum absolute atomic E-state index is 9.98. The first kappa shape index (κ1) is 16.7. The molecule has 20 heavy (non-hydrogen) atoms. The third-order valence-electron chi connectivity index (χ3n) is 3.35. The fourth-order valence-electron chi connectivity index (χ4n) is 2.29. The van der Waals surface area contributed by atoms with Crippen LogP contribution in [0.4, 0.5) is 5.69 Å². The Morgan fingerprint density at radius 1 is 1.20 bits per heavy atom. The molecule has 1 aromatic rings. The highest BCUT2D eigenvalue weighted by Gasteiger charge is 2.17. The van der Waals surface area contributed by atoms with Crippen molar-refractivity contribution in [2.24, 2.45) is 0 Å². The Morgan fingerprint density at radius 2 is 1.80 bits per heavy atom. The molecule has 0 saturated heterocycles. The van der Waals surface area contributed by atoms with Gasteiger partial charge in [0.05, 0.1) is 24.5 Å². The van der Waals surface area contributed by atoms with Crippen LogP contribution in [-0.2, 0) is 4.74 Å². The molecule has 0 heterocycles. The van der Waals surface area contributed by atoms with Crippen LogP contribution in [0, 0.1) is 0 Å². The molecular weight excluding hydrogens is 454 g/mol. The molecule has 0 aromatic heterocycles. The molecule has 1 saturated carbocycles. The second-order valence-corrected chi connectivity index (χ2v) is 7.64. The minimum absolute atomic E-state index is 0.343. The molecule has 2 N–H and O–H groups in total. The summed E-state index contributed by atoms with van der Waals surface area (Å²) in [6, 6.07) is 3.93. The van der Waals surface area contributed by atoms with Gasteiger partial charge in [0.15, 0.2) is 0 Å². The van der Waals surface area contributed by atoms with Crippen molar-refractivity contribution in [3.8, 4) is 0 Å². The number of aliphatic hydroxyl groups is 1. The average molecular weight is 472 g/mol. The van der Waals surface area contributed by atoms with Crippen LogP contribution in [-0.4, -0.2) is 30.5 Å². The molecule has 1 fully saturated rings. The Balaban J connectivity index is 1.79. The van der Waals surface area contributed by atoms with Gasteiger partial charge in [-0.15, -0.1) is 0 Å². The zero-order valence-corrected chi connectivity index (χ0v) is 15.8. The summed E-state index contributed by atoms with van der Waals surface area (Å²) in [7, 11) is 0. The van der Waals surface area contributed by atoms with E-state index in [0.717, 1.165) is 31.9 Å². The molecule has 0 spiro atoms. The Bertz CT molecular complexity index is 427. The molecular formula is C14H18Br3NO2. The maximum Gasteiger partial charge on any atom is 0.0945 e. The molecule has 6 heteroatoms. The van der Waals surface area contributed by atoms with E-state index in [1.54, 1.807) is 0 Å². The van der Waals surface area contributed by atoms with Crippen molar-refractivity contribution in [1.29, 1.82) is 0 Å². The Kier molecular flexibility index (Phi) is 6.81. The number of aliphatic hydroxyl groups excluding tert-OH is 1. The molecule has 0 aliphatic heterocycles. The van der Waals surface area contributed by atoms with Crippen LogP contribution in [0.2, 0.25) is 0 Å². The highest BCUT2D eigenvalue weighted by atomic mass is 79.9. The number of rotatable bonds is 6. The summed E-state index contributed by atoms with van der Waals surface area (Å²) in [5.74, 6) is 0. The van der Waals surface area contributed by atoms with Crippen LogP contribution < -0.4 is 5.32 Å². The highest BCUT2D eigenvalue weighted by molar-refractivity contribution is 9.11. The highest BCUT2D eigenvalue weighted by Crippen LogP contribution is 2.34. The molecule has 0 radical (unpaired) electrons. The molecule has 1 aromatic carbocycles. The standard InChI is InChI=1S/C14H18Br3NO2/c15-9-5-12(16)14(13(17)6-9)18-7-10(19)8-20-11-3-1-2-4-11/h5-6,10-11,18-19H,1-4,7-8H2. The fourth-order valence-corrected chi connectivity index (χ4v) is 4.83. The Hall–Kier alpha value is 0.380. The van der Waals surface area contributed by atoms with Gasteiger partial charge in [-0.05, 0) is 56.8 Å². The summed E-state index contributed by atoms with van der Waals surface area (Å²) in [6.07, 6.45) is 4.60. The van der Waals surface area contributed by atoms with Crippen molar-refractivity contribution in [3.05, 3.63) is 25.6 Å². The zero-order valence-electron chi connectivity index (χ0n) is 11.0. The van der Waals surface area contributed by atoms with Gasteiger partial charge in [0.1, 0.15) is 0 Å². The van der Waals surface area contributed by atoms with Gasteiger partial charge in [-0.2, -0.15) is 0 Å². The quantitative estimate of drug-likeness (QED) is 0.631. The van der Waals surface area contributed by atoms with E-state index in [0.29, 0.717) is 19.3 Å². The van der Waals surface area contributed by atoms with Gasteiger partial charge in [-0.3, -0.25) is 0 Å². The van der Waals surface area contributed by atoms with Gasteiger partial charge in [0.2, 0.25) is 0 Å². The molecule has 3 nitrogen and oxygen atoms in total. The van der Waals surface area contributed by atoms with Crippen molar-refractivity contribution in [1.82, 2.24) is 0 Å². The lowest BCUT2D eigenvalue weighted by molar-refractivity contribution is -0.00117. The largest absolute Gasteiger partial charge is 0.389 e. The van der Waals surface area contributed by atoms with Gasteiger partial charge in [0.25, 0.3) is 0 Å². The number of benzene rings is 1. The predicted molar refractivity (Wildman–Crippen MR) is 92.2 cm³/mol. The van der Waals surface area contributed by atoms with Crippen LogP contribution in [0.5, 0.6) is 0 Å². The third-order valence-corrected chi connectivity index (χ3v) is 5.06. The second kappa shape index (κ2) is 8.13. The van der Waals surface area contributed by atoms with Crippen molar-refractivity contribution in [3.63, 3.8) is 0 Å². The number of halogens is 3. The van der Waals surface area contributed by atoms with Gasteiger partial charge >= 0.3 is 0 Å². The van der Waals surface area contributed by atoms with E-state index >= 15 is 0 Å². The van der Waals surface area contributed by atoms with Crippen molar-refractivity contribution < 1.29 is 9.84 Å². The number of nitrogens with one attached hydrogen (secondary N) is 1. The normalized spacial score (nSPS) is 17.4. The Morgan fingerprint density at radius 3 is 2.40 bits per heavy atom. The van der Waals surface area contributed by atoms with E-state index in [9.17, 15) is 5.11 Å². The van der Waals surface area contributed by atoms with Crippen LogP contribution >= 0.6 is 47.8 Å². The summed E-state index contributed by atoms with van der Waals surface area (Å²) >= 11 is 10.4. The average Bonchev–Trinajstić information content (AvgIpc) is 2.88. The van der Waals surface area contributed by atoms with E-state index in [-0.39, 0.29) is 0 Å². The van der Waals surface area contributed by atoms with Crippen LogP contribution in [0.25, 0.3) is 0 Å². The van der Waals surface area contributed by atoms with Crippen molar-refractivity contribution in [2.75, 3.05) is 18.5 Å². The van der Waals surface area contributed by atoms with E-state index < -0.39 is 6.10 Å². The van der Waals surface area contributed by atoms with Crippen LogP contribution in [0.3, 0.4) is 0 Å². The van der Waals surface area contributed by atoms with Gasteiger partial charge in [-0.25, -0.2) is 0 Å². The van der Waals surface area contributed by atoms with Crippen molar-refractivity contribution >= 4 is 53.5 Å². The van der Waals surface area contributed by atoms with E-state index in [2.05, 4.69) is 53.1 Å². The maximum atomic E-state index is 9.98. The number of anilines is 1. The fraction of sp³-hybridized carbons (Fsp3) is 0.571. The van der Waals surface area contributed by atoms with E-state index in [4.69, 9.17) is 4.74 Å². The first-order valence-corrected chi connectivity index (χ1v) is 9.12. The SMILES string of the molecule is OC(CNc1c(Br)cc(Br)cc1Br)COC1CCCC1. The molecule has 0 bridgehead atoms. The van der Waals surface area contributed by atoms with E-state index in [1.807, 2.05) is 12.1 Å². The number of hydrogen-bond acceptors (Lipinski definition) is 3. The lowest BCUT2D eigenvalue weighted by Crippen LogP contribution is -2.27.